The summed E-state index contributed by atoms with van der Waals surface area (Å²) in [4.78, 5) is 25.1. The van der Waals surface area contributed by atoms with Gasteiger partial charge in [-0.2, -0.15) is 0 Å². The summed E-state index contributed by atoms with van der Waals surface area (Å²) in [6, 6.07) is 7.23. The maximum atomic E-state index is 12.0. The van der Waals surface area contributed by atoms with Crippen molar-refractivity contribution in [2.45, 2.75) is 26.4 Å². The number of benzene rings is 1. The lowest BCUT2D eigenvalue weighted by Gasteiger charge is -2.14. The number of nitrogens with one attached hydrogen (secondary N) is 1. The lowest BCUT2D eigenvalue weighted by atomic mass is 10.1. The number of ether oxygens (including phenoxy) is 2. The second-order valence-corrected chi connectivity index (χ2v) is 5.72. The van der Waals surface area contributed by atoms with E-state index in [1.165, 1.54) is 0 Å². The predicted octanol–water partition coefficient (Wildman–Crippen LogP) is 2.18. The molecule has 0 aromatic heterocycles. The van der Waals surface area contributed by atoms with E-state index in [2.05, 4.69) is 5.32 Å². The molecule has 1 saturated heterocycles. The third-order valence-electron chi connectivity index (χ3n) is 3.36. The standard InChI is InChI=1S/C16H22N2O4/c1-11(2)7-15(19)17-9-14-10-18(16(20)22-14)12-5-4-6-13(8-12)21-3/h4-6,8,11,14H,7,9-10H2,1-3H3,(H,17,19). The molecule has 0 saturated carbocycles. The van der Waals surface area contributed by atoms with Crippen molar-refractivity contribution in [3.05, 3.63) is 24.3 Å². The van der Waals surface area contributed by atoms with Crippen LogP contribution in [0.4, 0.5) is 10.5 Å². The topological polar surface area (TPSA) is 67.9 Å². The summed E-state index contributed by atoms with van der Waals surface area (Å²) in [6.45, 7) is 4.71. The van der Waals surface area contributed by atoms with E-state index in [0.29, 0.717) is 31.2 Å². The van der Waals surface area contributed by atoms with E-state index in [1.54, 1.807) is 18.1 Å². The molecule has 22 heavy (non-hydrogen) atoms. The number of hydrogen-bond acceptors (Lipinski definition) is 4. The van der Waals surface area contributed by atoms with Gasteiger partial charge in [0.2, 0.25) is 5.91 Å². The molecule has 1 atom stereocenters. The largest absolute Gasteiger partial charge is 0.497 e. The number of rotatable bonds is 6. The van der Waals surface area contributed by atoms with Crippen molar-refractivity contribution in [2.24, 2.45) is 5.92 Å². The summed E-state index contributed by atoms with van der Waals surface area (Å²) in [6.07, 6.45) is -0.272. The molecule has 0 radical (unpaired) electrons. The number of cyclic esters (lactones) is 1. The highest BCUT2D eigenvalue weighted by atomic mass is 16.6. The summed E-state index contributed by atoms with van der Waals surface area (Å²) in [5.41, 5.74) is 0.723. The van der Waals surface area contributed by atoms with Crippen LogP contribution >= 0.6 is 0 Å². The monoisotopic (exact) mass is 306 g/mol. The number of anilines is 1. The van der Waals surface area contributed by atoms with Crippen molar-refractivity contribution in [1.29, 1.82) is 0 Å². The number of carbonyl (C=O) groups is 2. The van der Waals surface area contributed by atoms with Gasteiger partial charge in [-0.25, -0.2) is 4.79 Å². The molecule has 1 heterocycles. The highest BCUT2D eigenvalue weighted by Crippen LogP contribution is 2.25. The number of nitrogens with zero attached hydrogens (tertiary/aromatic N) is 1. The molecule has 6 heteroatoms. The van der Waals surface area contributed by atoms with Crippen molar-refractivity contribution < 1.29 is 19.1 Å². The third kappa shape index (κ3) is 4.13. The first kappa shape index (κ1) is 16.1. The van der Waals surface area contributed by atoms with Crippen LogP contribution in [0, 0.1) is 5.92 Å². The second kappa shape index (κ2) is 7.15. The molecule has 1 aromatic rings. The van der Waals surface area contributed by atoms with Gasteiger partial charge in [0.1, 0.15) is 11.9 Å². The Kier molecular flexibility index (Phi) is 5.25. The first-order chi connectivity index (χ1) is 10.5. The molecule has 1 unspecified atom stereocenters. The van der Waals surface area contributed by atoms with Crippen LogP contribution in [0.1, 0.15) is 20.3 Å². The van der Waals surface area contributed by atoms with Gasteiger partial charge in [-0.15, -0.1) is 0 Å². The van der Waals surface area contributed by atoms with Crippen molar-refractivity contribution in [3.63, 3.8) is 0 Å². The van der Waals surface area contributed by atoms with Crippen LogP contribution in [-0.4, -0.2) is 38.3 Å². The van der Waals surface area contributed by atoms with Crippen LogP contribution in [0.3, 0.4) is 0 Å². The first-order valence-electron chi connectivity index (χ1n) is 7.38. The van der Waals surface area contributed by atoms with Crippen LogP contribution in [0.25, 0.3) is 0 Å². The molecular formula is C16H22N2O4. The summed E-state index contributed by atoms with van der Waals surface area (Å²) in [5.74, 6) is 0.962. The zero-order valence-electron chi connectivity index (χ0n) is 13.2. The van der Waals surface area contributed by atoms with Crippen LogP contribution in [0.15, 0.2) is 24.3 Å². The van der Waals surface area contributed by atoms with Gasteiger partial charge in [0.05, 0.1) is 25.9 Å². The first-order valence-corrected chi connectivity index (χ1v) is 7.38. The number of carbonyl (C=O) groups excluding carboxylic acids is 2. The molecule has 1 aromatic carbocycles. The summed E-state index contributed by atoms with van der Waals surface area (Å²) >= 11 is 0. The van der Waals surface area contributed by atoms with Crippen molar-refractivity contribution in [2.75, 3.05) is 25.1 Å². The fraction of sp³-hybridized carbons (Fsp3) is 0.500. The van der Waals surface area contributed by atoms with Crippen LogP contribution in [-0.2, 0) is 9.53 Å². The summed E-state index contributed by atoms with van der Waals surface area (Å²) < 4.78 is 10.4. The SMILES string of the molecule is COc1cccc(N2CC(CNC(=O)CC(C)C)OC2=O)c1. The zero-order chi connectivity index (χ0) is 16.1. The number of methoxy groups -OCH3 is 1. The lowest BCUT2D eigenvalue weighted by molar-refractivity contribution is -0.122. The van der Waals surface area contributed by atoms with E-state index in [0.717, 1.165) is 5.69 Å². The minimum Gasteiger partial charge on any atom is -0.497 e. The maximum absolute atomic E-state index is 12.0. The Hall–Kier alpha value is -2.24. The molecule has 2 amide bonds. The van der Waals surface area contributed by atoms with Crippen LogP contribution < -0.4 is 15.0 Å². The average Bonchev–Trinajstić information content (AvgIpc) is 2.85. The quantitative estimate of drug-likeness (QED) is 0.874. The fourth-order valence-electron chi connectivity index (χ4n) is 2.29. The number of amides is 2. The molecule has 2 rings (SSSR count). The molecule has 0 bridgehead atoms. The van der Waals surface area contributed by atoms with E-state index in [4.69, 9.17) is 9.47 Å². The smallest absolute Gasteiger partial charge is 0.414 e. The normalized spacial score (nSPS) is 17.5. The van der Waals surface area contributed by atoms with Gasteiger partial charge in [0, 0.05) is 12.5 Å². The molecule has 1 aliphatic rings. The van der Waals surface area contributed by atoms with E-state index in [-0.39, 0.29) is 12.0 Å². The molecule has 120 valence electrons. The molecule has 0 aliphatic carbocycles. The van der Waals surface area contributed by atoms with Gasteiger partial charge in [-0.05, 0) is 18.1 Å². The maximum Gasteiger partial charge on any atom is 0.414 e. The van der Waals surface area contributed by atoms with Gasteiger partial charge < -0.3 is 14.8 Å². The van der Waals surface area contributed by atoms with Crippen molar-refractivity contribution in [3.8, 4) is 5.75 Å². The Labute approximate surface area is 130 Å². The van der Waals surface area contributed by atoms with E-state index in [9.17, 15) is 9.59 Å². The van der Waals surface area contributed by atoms with Gasteiger partial charge in [0.15, 0.2) is 0 Å². The molecule has 6 nitrogen and oxygen atoms in total. The lowest BCUT2D eigenvalue weighted by Crippen LogP contribution is -2.35. The van der Waals surface area contributed by atoms with Crippen LogP contribution in [0.5, 0.6) is 5.75 Å². The van der Waals surface area contributed by atoms with Crippen LogP contribution in [0.2, 0.25) is 0 Å². The summed E-state index contributed by atoms with van der Waals surface area (Å²) in [7, 11) is 1.58. The Bertz CT molecular complexity index is 545. The highest BCUT2D eigenvalue weighted by Gasteiger charge is 2.32. The predicted molar refractivity (Wildman–Crippen MR) is 83.1 cm³/mol. The van der Waals surface area contributed by atoms with Crippen molar-refractivity contribution >= 4 is 17.7 Å². The Morgan fingerprint density at radius 1 is 1.50 bits per heavy atom. The Balaban J connectivity index is 1.91. The second-order valence-electron chi connectivity index (χ2n) is 5.72. The van der Waals surface area contributed by atoms with Gasteiger partial charge in [-0.1, -0.05) is 19.9 Å². The highest BCUT2D eigenvalue weighted by molar-refractivity contribution is 5.90. The minimum absolute atomic E-state index is 0.0223. The average molecular weight is 306 g/mol. The molecule has 1 fully saturated rings. The van der Waals surface area contributed by atoms with E-state index in [1.807, 2.05) is 32.0 Å². The molecule has 1 N–H and O–H groups in total. The minimum atomic E-state index is -0.406. The molecular weight excluding hydrogens is 284 g/mol. The Morgan fingerprint density at radius 2 is 2.27 bits per heavy atom. The molecule has 1 aliphatic heterocycles. The fourth-order valence-corrected chi connectivity index (χ4v) is 2.29. The third-order valence-corrected chi connectivity index (χ3v) is 3.36. The van der Waals surface area contributed by atoms with Gasteiger partial charge >= 0.3 is 6.09 Å². The van der Waals surface area contributed by atoms with E-state index >= 15 is 0 Å². The summed E-state index contributed by atoms with van der Waals surface area (Å²) in [5, 5.41) is 2.80. The number of hydrogen-bond donors (Lipinski definition) is 1. The zero-order valence-corrected chi connectivity index (χ0v) is 13.2. The van der Waals surface area contributed by atoms with Gasteiger partial charge in [-0.3, -0.25) is 9.69 Å². The molecule has 0 spiro atoms. The van der Waals surface area contributed by atoms with Crippen molar-refractivity contribution in [1.82, 2.24) is 5.32 Å². The van der Waals surface area contributed by atoms with E-state index < -0.39 is 6.09 Å². The Morgan fingerprint density at radius 3 is 2.95 bits per heavy atom. The van der Waals surface area contributed by atoms with Gasteiger partial charge in [0.25, 0.3) is 0 Å².